The fraction of sp³-hybridized carbons (Fsp3) is 0.375. The van der Waals surface area contributed by atoms with Gasteiger partial charge in [-0.2, -0.15) is 0 Å². The molecule has 0 saturated heterocycles. The Labute approximate surface area is 125 Å². The second-order valence-corrected chi connectivity index (χ2v) is 5.20. The molecule has 1 aromatic heterocycles. The van der Waals surface area contributed by atoms with E-state index in [4.69, 9.17) is 16.3 Å². The summed E-state index contributed by atoms with van der Waals surface area (Å²) in [5.41, 5.74) is 2.75. The molecule has 0 aliphatic carbocycles. The molecule has 0 bridgehead atoms. The van der Waals surface area contributed by atoms with E-state index in [0.29, 0.717) is 0 Å². The zero-order chi connectivity index (χ0) is 15.0. The van der Waals surface area contributed by atoms with E-state index in [2.05, 4.69) is 24.9 Å². The Bertz CT molecular complexity index is 517. The van der Waals surface area contributed by atoms with Crippen LogP contribution in [0.3, 0.4) is 0 Å². The fourth-order valence-corrected chi connectivity index (χ4v) is 1.71. The Hall–Kier alpha value is -1.61. The average molecular weight is 294 g/mol. The first-order valence-electron chi connectivity index (χ1n) is 6.57. The molecular weight excluding hydrogens is 274 g/mol. The van der Waals surface area contributed by atoms with Crippen LogP contribution in [0.4, 0.5) is 0 Å². The minimum Gasteiger partial charge on any atom is -0.457 e. The number of pyridine rings is 1. The van der Waals surface area contributed by atoms with Crippen LogP contribution in [0.15, 0.2) is 41.5 Å². The molecule has 0 fully saturated rings. The van der Waals surface area contributed by atoms with Crippen molar-refractivity contribution < 1.29 is 9.53 Å². The van der Waals surface area contributed by atoms with Crippen LogP contribution in [-0.2, 0) is 4.74 Å². The van der Waals surface area contributed by atoms with Crippen molar-refractivity contribution in [2.75, 3.05) is 6.61 Å². The zero-order valence-electron chi connectivity index (χ0n) is 12.1. The molecule has 4 heteroatoms. The molecule has 0 aromatic carbocycles. The van der Waals surface area contributed by atoms with Gasteiger partial charge in [-0.3, -0.25) is 0 Å². The average Bonchev–Trinajstić information content (AvgIpc) is 2.38. The molecular formula is C16H20ClNO2. The van der Waals surface area contributed by atoms with Gasteiger partial charge in [-0.05, 0) is 51.8 Å². The van der Waals surface area contributed by atoms with Gasteiger partial charge in [0.1, 0.15) is 17.5 Å². The first kappa shape index (κ1) is 16.4. The quantitative estimate of drug-likeness (QED) is 0.438. The lowest BCUT2D eigenvalue weighted by Crippen LogP contribution is -2.07. The molecule has 3 nitrogen and oxygen atoms in total. The van der Waals surface area contributed by atoms with Crippen molar-refractivity contribution in [1.29, 1.82) is 0 Å². The Balaban J connectivity index is 2.39. The lowest BCUT2D eigenvalue weighted by Gasteiger charge is -2.03. The number of hydrogen-bond acceptors (Lipinski definition) is 3. The summed E-state index contributed by atoms with van der Waals surface area (Å²) in [6.45, 7) is 6.45. The molecule has 0 spiro atoms. The van der Waals surface area contributed by atoms with Gasteiger partial charge >= 0.3 is 5.97 Å². The zero-order valence-corrected chi connectivity index (χ0v) is 12.9. The molecule has 20 heavy (non-hydrogen) atoms. The van der Waals surface area contributed by atoms with Gasteiger partial charge in [-0.25, -0.2) is 9.78 Å². The van der Waals surface area contributed by atoms with Crippen LogP contribution in [0.25, 0.3) is 0 Å². The smallest absolute Gasteiger partial charge is 0.357 e. The summed E-state index contributed by atoms with van der Waals surface area (Å²) >= 11 is 5.72. The third-order valence-corrected chi connectivity index (χ3v) is 2.87. The van der Waals surface area contributed by atoms with E-state index >= 15 is 0 Å². The highest BCUT2D eigenvalue weighted by Crippen LogP contribution is 2.08. The van der Waals surface area contributed by atoms with Gasteiger partial charge < -0.3 is 4.74 Å². The van der Waals surface area contributed by atoms with Crippen LogP contribution in [-0.4, -0.2) is 17.6 Å². The molecule has 0 unspecified atom stereocenters. The molecule has 108 valence electrons. The number of rotatable bonds is 6. The maximum Gasteiger partial charge on any atom is 0.357 e. The molecule has 1 rings (SSSR count). The van der Waals surface area contributed by atoms with E-state index in [9.17, 15) is 4.79 Å². The fourth-order valence-electron chi connectivity index (χ4n) is 1.55. The molecule has 1 aromatic rings. The van der Waals surface area contributed by atoms with Crippen LogP contribution in [0.1, 0.15) is 44.1 Å². The van der Waals surface area contributed by atoms with Gasteiger partial charge in [0.2, 0.25) is 0 Å². The number of allylic oxidation sites excluding steroid dienone is 3. The van der Waals surface area contributed by atoms with Crippen molar-refractivity contribution in [3.63, 3.8) is 0 Å². The molecule has 0 aliphatic heterocycles. The Kier molecular flexibility index (Phi) is 7.02. The first-order valence-corrected chi connectivity index (χ1v) is 6.95. The van der Waals surface area contributed by atoms with Crippen molar-refractivity contribution in [2.45, 2.75) is 33.6 Å². The van der Waals surface area contributed by atoms with Crippen LogP contribution < -0.4 is 0 Å². The van der Waals surface area contributed by atoms with E-state index in [1.54, 1.807) is 18.2 Å². The predicted octanol–water partition coefficient (Wildman–Crippen LogP) is 4.58. The van der Waals surface area contributed by atoms with E-state index in [-0.39, 0.29) is 17.5 Å². The summed E-state index contributed by atoms with van der Waals surface area (Å²) in [5.74, 6) is -0.458. The topological polar surface area (TPSA) is 39.2 Å². The Morgan fingerprint density at radius 1 is 1.30 bits per heavy atom. The molecule has 0 radical (unpaired) electrons. The van der Waals surface area contributed by atoms with Crippen LogP contribution in [0.2, 0.25) is 5.15 Å². The largest absolute Gasteiger partial charge is 0.457 e. The van der Waals surface area contributed by atoms with Crippen molar-refractivity contribution in [1.82, 2.24) is 4.98 Å². The SMILES string of the molecule is CC(C)=CCC/C(C)=C/COC(=O)c1cccc(Cl)n1. The summed E-state index contributed by atoms with van der Waals surface area (Å²) in [6.07, 6.45) is 6.09. The van der Waals surface area contributed by atoms with E-state index in [1.807, 2.05) is 13.0 Å². The van der Waals surface area contributed by atoms with Gasteiger partial charge in [0.15, 0.2) is 0 Å². The summed E-state index contributed by atoms with van der Waals surface area (Å²) in [4.78, 5) is 15.6. The predicted molar refractivity (Wildman–Crippen MR) is 82.0 cm³/mol. The number of halogens is 1. The van der Waals surface area contributed by atoms with E-state index < -0.39 is 5.97 Å². The van der Waals surface area contributed by atoms with Gasteiger partial charge in [-0.15, -0.1) is 0 Å². The van der Waals surface area contributed by atoms with Crippen LogP contribution >= 0.6 is 11.6 Å². The van der Waals surface area contributed by atoms with Gasteiger partial charge in [0.05, 0.1) is 0 Å². The highest BCUT2D eigenvalue weighted by atomic mass is 35.5. The van der Waals surface area contributed by atoms with Crippen LogP contribution in [0, 0.1) is 0 Å². The van der Waals surface area contributed by atoms with Gasteiger partial charge in [0.25, 0.3) is 0 Å². The maximum absolute atomic E-state index is 11.7. The molecule has 0 saturated carbocycles. The number of aromatic nitrogens is 1. The normalized spacial score (nSPS) is 11.1. The van der Waals surface area contributed by atoms with Crippen molar-refractivity contribution in [3.05, 3.63) is 52.3 Å². The molecule has 1 heterocycles. The number of esters is 1. The summed E-state index contributed by atoms with van der Waals surface area (Å²) in [6, 6.07) is 4.87. The third-order valence-electron chi connectivity index (χ3n) is 2.66. The standard InChI is InChI=1S/C16H20ClNO2/c1-12(2)6-4-7-13(3)10-11-20-16(19)14-8-5-9-15(17)18-14/h5-6,8-10H,4,7,11H2,1-3H3/b13-10+. The Morgan fingerprint density at radius 2 is 2.05 bits per heavy atom. The highest BCUT2D eigenvalue weighted by molar-refractivity contribution is 6.29. The summed E-state index contributed by atoms with van der Waals surface area (Å²) in [5, 5.41) is 0.285. The summed E-state index contributed by atoms with van der Waals surface area (Å²) < 4.78 is 5.13. The lowest BCUT2D eigenvalue weighted by atomic mass is 10.1. The summed E-state index contributed by atoms with van der Waals surface area (Å²) in [7, 11) is 0. The number of ether oxygens (including phenoxy) is 1. The highest BCUT2D eigenvalue weighted by Gasteiger charge is 2.07. The van der Waals surface area contributed by atoms with Gasteiger partial charge in [-0.1, -0.05) is 34.9 Å². The number of carbonyl (C=O) groups is 1. The molecule has 0 N–H and O–H groups in total. The second-order valence-electron chi connectivity index (χ2n) is 4.81. The third kappa shape index (κ3) is 6.53. The van der Waals surface area contributed by atoms with Crippen molar-refractivity contribution >= 4 is 17.6 Å². The number of nitrogens with zero attached hydrogens (tertiary/aromatic N) is 1. The number of carbonyl (C=O) groups excluding carboxylic acids is 1. The minimum atomic E-state index is -0.458. The lowest BCUT2D eigenvalue weighted by molar-refractivity contribution is 0.0542. The number of hydrogen-bond donors (Lipinski definition) is 0. The van der Waals surface area contributed by atoms with E-state index in [0.717, 1.165) is 12.8 Å². The molecule has 0 aliphatic rings. The molecule has 0 amide bonds. The van der Waals surface area contributed by atoms with E-state index in [1.165, 1.54) is 11.1 Å². The first-order chi connectivity index (χ1) is 9.49. The Morgan fingerprint density at radius 3 is 2.70 bits per heavy atom. The monoisotopic (exact) mass is 293 g/mol. The minimum absolute atomic E-state index is 0.230. The van der Waals surface area contributed by atoms with Crippen LogP contribution in [0.5, 0.6) is 0 Å². The molecule has 0 atom stereocenters. The van der Waals surface area contributed by atoms with Gasteiger partial charge in [0, 0.05) is 0 Å². The second kappa shape index (κ2) is 8.54. The van der Waals surface area contributed by atoms with Crippen molar-refractivity contribution in [3.8, 4) is 0 Å². The van der Waals surface area contributed by atoms with Crippen molar-refractivity contribution in [2.24, 2.45) is 0 Å². The maximum atomic E-state index is 11.7.